The first kappa shape index (κ1) is 22.8. The van der Waals surface area contributed by atoms with Crippen LogP contribution in [0.4, 0.5) is 4.79 Å². The van der Waals surface area contributed by atoms with Crippen LogP contribution < -0.4 is 4.74 Å². The number of urea groups is 1. The van der Waals surface area contributed by atoms with E-state index in [1.54, 1.807) is 29.2 Å². The average molecular weight is 496 g/mol. The number of amides is 3. The van der Waals surface area contributed by atoms with E-state index in [2.05, 4.69) is 4.57 Å². The lowest BCUT2D eigenvalue weighted by molar-refractivity contribution is -0.132. The molecule has 2 aliphatic heterocycles. The molecule has 0 radical (unpaired) electrons. The van der Waals surface area contributed by atoms with Crippen LogP contribution in [0.25, 0.3) is 10.9 Å². The van der Waals surface area contributed by atoms with Crippen LogP contribution >= 0.6 is 0 Å². The van der Waals surface area contributed by atoms with Crippen molar-refractivity contribution in [3.8, 4) is 5.75 Å². The molecule has 8 heteroatoms. The minimum absolute atomic E-state index is 0.206. The lowest BCUT2D eigenvalue weighted by Gasteiger charge is -2.41. The van der Waals surface area contributed by atoms with Crippen molar-refractivity contribution >= 4 is 28.8 Å². The van der Waals surface area contributed by atoms with Crippen molar-refractivity contribution in [2.75, 3.05) is 13.6 Å². The van der Waals surface area contributed by atoms with Crippen molar-refractivity contribution in [3.05, 3.63) is 101 Å². The lowest BCUT2D eigenvalue weighted by Crippen LogP contribution is -2.56. The third-order valence-electron chi connectivity index (χ3n) is 7.25. The number of carbonyl (C=O) groups is 3. The fourth-order valence-corrected chi connectivity index (χ4v) is 5.36. The van der Waals surface area contributed by atoms with Crippen LogP contribution in [-0.2, 0) is 24.5 Å². The smallest absolute Gasteiger partial charge is 0.335 e. The number of carbonyl (C=O) groups excluding carboxylic acids is 2. The van der Waals surface area contributed by atoms with Gasteiger partial charge < -0.3 is 19.3 Å². The van der Waals surface area contributed by atoms with Gasteiger partial charge in [-0.25, -0.2) is 9.59 Å². The summed E-state index contributed by atoms with van der Waals surface area (Å²) in [5.74, 6) is -0.922. The minimum Gasteiger partial charge on any atom is -0.489 e. The number of imide groups is 1. The summed E-state index contributed by atoms with van der Waals surface area (Å²) in [5, 5.41) is 10.2. The summed E-state index contributed by atoms with van der Waals surface area (Å²) in [6.45, 7) is 1.66. The molecule has 1 N–H and O–H groups in total. The molecular formula is C29H25N3O5. The van der Waals surface area contributed by atoms with Crippen LogP contribution in [0.2, 0.25) is 0 Å². The average Bonchev–Trinajstić information content (AvgIpc) is 3.22. The van der Waals surface area contributed by atoms with Crippen molar-refractivity contribution in [1.82, 2.24) is 14.4 Å². The van der Waals surface area contributed by atoms with Crippen molar-refractivity contribution in [1.29, 1.82) is 0 Å². The van der Waals surface area contributed by atoms with E-state index in [4.69, 9.17) is 4.74 Å². The number of fused-ring (bicyclic) bond motifs is 6. The van der Waals surface area contributed by atoms with Crippen molar-refractivity contribution < 1.29 is 24.2 Å². The topological polar surface area (TPSA) is 92.1 Å². The number of hydrogen-bond acceptors (Lipinski definition) is 4. The zero-order chi connectivity index (χ0) is 25.7. The number of carboxylic acids is 1. The van der Waals surface area contributed by atoms with Gasteiger partial charge in [-0.05, 0) is 47.0 Å². The van der Waals surface area contributed by atoms with Gasteiger partial charge in [-0.15, -0.1) is 0 Å². The highest BCUT2D eigenvalue weighted by Gasteiger charge is 2.44. The van der Waals surface area contributed by atoms with E-state index < -0.39 is 11.9 Å². The number of benzene rings is 3. The van der Waals surface area contributed by atoms with Gasteiger partial charge in [0, 0.05) is 36.7 Å². The van der Waals surface area contributed by atoms with E-state index >= 15 is 0 Å². The number of carboxylic acid groups (broad SMARTS) is 1. The molecule has 2 aliphatic rings. The third-order valence-corrected chi connectivity index (χ3v) is 7.25. The molecule has 1 aromatic heterocycles. The van der Waals surface area contributed by atoms with E-state index in [1.807, 2.05) is 48.5 Å². The highest BCUT2D eigenvalue weighted by molar-refractivity contribution is 6.04. The van der Waals surface area contributed by atoms with Crippen LogP contribution in [0, 0.1) is 0 Å². The number of likely N-dealkylation sites (N-methyl/N-ethyl adjacent to an activating group) is 1. The van der Waals surface area contributed by atoms with Gasteiger partial charge in [0.25, 0.3) is 0 Å². The predicted molar refractivity (Wildman–Crippen MR) is 137 cm³/mol. The van der Waals surface area contributed by atoms with E-state index in [1.165, 1.54) is 11.9 Å². The maximum Gasteiger partial charge on any atom is 0.335 e. The highest BCUT2D eigenvalue weighted by Crippen LogP contribution is 2.41. The first-order valence-electron chi connectivity index (χ1n) is 12.1. The van der Waals surface area contributed by atoms with Crippen LogP contribution in [0.1, 0.15) is 38.7 Å². The number of rotatable bonds is 6. The third kappa shape index (κ3) is 3.91. The molecule has 1 atom stereocenters. The van der Waals surface area contributed by atoms with Crippen LogP contribution in [-0.4, -0.2) is 51.0 Å². The molecule has 186 valence electrons. The zero-order valence-corrected chi connectivity index (χ0v) is 20.3. The molecule has 0 aliphatic carbocycles. The second kappa shape index (κ2) is 8.81. The molecule has 3 heterocycles. The Balaban J connectivity index is 1.44. The van der Waals surface area contributed by atoms with Gasteiger partial charge in [-0.2, -0.15) is 0 Å². The Morgan fingerprint density at radius 2 is 1.76 bits per heavy atom. The Morgan fingerprint density at radius 3 is 2.49 bits per heavy atom. The van der Waals surface area contributed by atoms with Crippen molar-refractivity contribution in [2.24, 2.45) is 0 Å². The summed E-state index contributed by atoms with van der Waals surface area (Å²) >= 11 is 0. The van der Waals surface area contributed by atoms with Crippen molar-refractivity contribution in [3.63, 3.8) is 0 Å². The second-order valence-corrected chi connectivity index (χ2v) is 9.51. The predicted octanol–water partition coefficient (Wildman–Crippen LogP) is 4.46. The number of aromatic carboxylic acids is 1. The van der Waals surface area contributed by atoms with Gasteiger partial charge in [-0.1, -0.05) is 42.5 Å². The summed E-state index contributed by atoms with van der Waals surface area (Å²) in [5.41, 5.74) is 5.01. The Morgan fingerprint density at radius 1 is 1.00 bits per heavy atom. The lowest BCUT2D eigenvalue weighted by atomic mass is 9.89. The van der Waals surface area contributed by atoms with E-state index in [-0.39, 0.29) is 17.5 Å². The van der Waals surface area contributed by atoms with Gasteiger partial charge in [0.15, 0.2) is 0 Å². The molecular weight excluding hydrogens is 470 g/mol. The number of ether oxygens (including phenoxy) is 1. The molecule has 3 amide bonds. The summed E-state index contributed by atoms with van der Waals surface area (Å²) < 4.78 is 8.23. The monoisotopic (exact) mass is 495 g/mol. The minimum atomic E-state index is -0.972. The number of nitrogens with zero attached hydrogens (tertiary/aromatic N) is 3. The first-order chi connectivity index (χ1) is 17.9. The maximum absolute atomic E-state index is 13.2. The Kier molecular flexibility index (Phi) is 5.44. The molecule has 3 aromatic carbocycles. The van der Waals surface area contributed by atoms with Gasteiger partial charge in [0.05, 0.1) is 18.0 Å². The summed E-state index contributed by atoms with van der Waals surface area (Å²) in [6.07, 6.45) is 0. The normalized spacial score (nSPS) is 16.7. The van der Waals surface area contributed by atoms with E-state index in [0.29, 0.717) is 32.0 Å². The Bertz CT molecular complexity index is 1540. The second-order valence-electron chi connectivity index (χ2n) is 9.51. The van der Waals surface area contributed by atoms with Gasteiger partial charge in [-0.3, -0.25) is 9.69 Å². The van der Waals surface area contributed by atoms with E-state index in [0.717, 1.165) is 33.3 Å². The van der Waals surface area contributed by atoms with Gasteiger partial charge >= 0.3 is 12.0 Å². The number of aromatic nitrogens is 1. The van der Waals surface area contributed by atoms with Crippen LogP contribution in [0.15, 0.2) is 72.8 Å². The highest BCUT2D eigenvalue weighted by atomic mass is 16.5. The molecule has 37 heavy (non-hydrogen) atoms. The van der Waals surface area contributed by atoms with Gasteiger partial charge in [0.2, 0.25) is 5.91 Å². The SMILES string of the molecule is CN1C(=O)[C@@H]2CN(Cc3c2c2cc(OCc4ccccc4)ccc2n3Cc2ccc(C(=O)O)cc2)C1=O. The largest absolute Gasteiger partial charge is 0.489 e. The molecule has 0 saturated carbocycles. The summed E-state index contributed by atoms with van der Waals surface area (Å²) in [7, 11) is 1.53. The van der Waals surface area contributed by atoms with Crippen molar-refractivity contribution in [2.45, 2.75) is 25.6 Å². The Hall–Kier alpha value is -4.59. The fraction of sp³-hybridized carbons (Fsp3) is 0.207. The first-order valence-corrected chi connectivity index (χ1v) is 12.1. The summed E-state index contributed by atoms with van der Waals surface area (Å²) in [4.78, 5) is 40.2. The molecule has 1 saturated heterocycles. The molecule has 4 aromatic rings. The van der Waals surface area contributed by atoms with Crippen LogP contribution in [0.5, 0.6) is 5.75 Å². The standard InChI is InChI=1S/C29H25N3O5/c1-30-27(33)23-15-31(29(30)36)16-25-26(23)22-13-21(37-17-19-5-3-2-4-6-19)11-12-24(22)32(25)14-18-7-9-20(10-8-18)28(34)35/h2-13,23H,14-17H2,1H3,(H,34,35)/t23-/m1/s1. The molecule has 8 nitrogen and oxygen atoms in total. The van der Waals surface area contributed by atoms with E-state index in [9.17, 15) is 19.5 Å². The Labute approximate surface area is 213 Å². The number of hydrogen-bond donors (Lipinski definition) is 1. The summed E-state index contributed by atoms with van der Waals surface area (Å²) in [6, 6.07) is 22.3. The molecule has 0 spiro atoms. The molecule has 6 rings (SSSR count). The zero-order valence-electron chi connectivity index (χ0n) is 20.3. The molecule has 2 bridgehead atoms. The molecule has 1 fully saturated rings. The fourth-order valence-electron chi connectivity index (χ4n) is 5.36. The maximum atomic E-state index is 13.2. The molecule has 0 unspecified atom stereocenters. The van der Waals surface area contributed by atoms with Gasteiger partial charge in [0.1, 0.15) is 12.4 Å². The van der Waals surface area contributed by atoms with Crippen LogP contribution in [0.3, 0.4) is 0 Å². The quantitative estimate of drug-likeness (QED) is 0.427.